The van der Waals surface area contributed by atoms with Crippen molar-refractivity contribution in [1.82, 2.24) is 10.3 Å². The van der Waals surface area contributed by atoms with E-state index in [9.17, 15) is 0 Å². The van der Waals surface area contributed by atoms with Crippen LogP contribution in [-0.4, -0.2) is 19.1 Å². The third kappa shape index (κ3) is 2.08. The summed E-state index contributed by atoms with van der Waals surface area (Å²) in [5.41, 5.74) is 3.43. The van der Waals surface area contributed by atoms with E-state index in [-0.39, 0.29) is 0 Å². The highest BCUT2D eigenvalue weighted by molar-refractivity contribution is 6.36. The molecule has 0 unspecified atom stereocenters. The number of aromatic nitrogens is 1. The van der Waals surface area contributed by atoms with Crippen LogP contribution < -0.4 is 10.1 Å². The van der Waals surface area contributed by atoms with E-state index in [0.717, 1.165) is 28.2 Å². The molecule has 0 amide bonds. The SMILES string of the molecule is CNCc1c(C(C)C)[nH]c2c(OC)ccc(Cl)c12. The zero-order valence-corrected chi connectivity index (χ0v) is 12.0. The largest absolute Gasteiger partial charge is 0.495 e. The Kier molecular flexibility index (Phi) is 3.83. The van der Waals surface area contributed by atoms with Crippen LogP contribution in [0.4, 0.5) is 0 Å². The van der Waals surface area contributed by atoms with Gasteiger partial charge in [-0.15, -0.1) is 0 Å². The van der Waals surface area contributed by atoms with Crippen molar-refractivity contribution >= 4 is 22.5 Å². The lowest BCUT2D eigenvalue weighted by Gasteiger charge is -2.07. The summed E-state index contributed by atoms with van der Waals surface area (Å²) in [6, 6.07) is 3.79. The molecular formula is C14H19ClN2O. The Morgan fingerprint density at radius 2 is 2.11 bits per heavy atom. The Morgan fingerprint density at radius 3 is 2.67 bits per heavy atom. The van der Waals surface area contributed by atoms with E-state index in [2.05, 4.69) is 24.1 Å². The summed E-state index contributed by atoms with van der Waals surface area (Å²) in [6.07, 6.45) is 0. The first kappa shape index (κ1) is 13.2. The molecule has 2 aromatic rings. The fraction of sp³-hybridized carbons (Fsp3) is 0.429. The van der Waals surface area contributed by atoms with Gasteiger partial charge in [-0.1, -0.05) is 25.4 Å². The summed E-state index contributed by atoms with van der Waals surface area (Å²) >= 11 is 6.34. The van der Waals surface area contributed by atoms with E-state index in [4.69, 9.17) is 16.3 Å². The standard InChI is InChI=1S/C14H19ClN2O/c1-8(2)13-9(7-16-3)12-10(15)5-6-11(18-4)14(12)17-13/h5-6,8,16-17H,7H2,1-4H3. The highest BCUT2D eigenvalue weighted by Gasteiger charge is 2.18. The van der Waals surface area contributed by atoms with Gasteiger partial charge in [0.2, 0.25) is 0 Å². The maximum absolute atomic E-state index is 6.34. The average molecular weight is 267 g/mol. The van der Waals surface area contributed by atoms with E-state index in [1.54, 1.807) is 7.11 Å². The minimum Gasteiger partial charge on any atom is -0.495 e. The lowest BCUT2D eigenvalue weighted by atomic mass is 10.0. The lowest BCUT2D eigenvalue weighted by molar-refractivity contribution is 0.419. The quantitative estimate of drug-likeness (QED) is 0.886. The lowest BCUT2D eigenvalue weighted by Crippen LogP contribution is -2.07. The number of benzene rings is 1. The summed E-state index contributed by atoms with van der Waals surface area (Å²) < 4.78 is 5.40. The number of fused-ring (bicyclic) bond motifs is 1. The second-order valence-corrected chi connectivity index (χ2v) is 5.11. The molecule has 1 aromatic carbocycles. The molecular weight excluding hydrogens is 248 g/mol. The molecule has 1 aromatic heterocycles. The van der Waals surface area contributed by atoms with Gasteiger partial charge in [-0.3, -0.25) is 0 Å². The average Bonchev–Trinajstić information content (AvgIpc) is 2.71. The number of halogens is 1. The second kappa shape index (κ2) is 5.21. The molecule has 18 heavy (non-hydrogen) atoms. The van der Waals surface area contributed by atoms with Crippen molar-refractivity contribution in [3.8, 4) is 5.75 Å². The molecule has 0 aliphatic rings. The van der Waals surface area contributed by atoms with Gasteiger partial charge in [0.25, 0.3) is 0 Å². The zero-order chi connectivity index (χ0) is 13.3. The molecule has 1 heterocycles. The van der Waals surface area contributed by atoms with E-state index < -0.39 is 0 Å². The molecule has 2 N–H and O–H groups in total. The van der Waals surface area contributed by atoms with Crippen LogP contribution in [0, 0.1) is 0 Å². The van der Waals surface area contributed by atoms with Crippen molar-refractivity contribution in [3.05, 3.63) is 28.4 Å². The van der Waals surface area contributed by atoms with E-state index in [1.165, 1.54) is 11.3 Å². The molecule has 0 spiro atoms. The molecule has 0 bridgehead atoms. The van der Waals surface area contributed by atoms with Crippen LogP contribution in [0.5, 0.6) is 5.75 Å². The fourth-order valence-electron chi connectivity index (χ4n) is 2.35. The Bertz CT molecular complexity index is 560. The molecule has 0 radical (unpaired) electrons. The van der Waals surface area contributed by atoms with Crippen LogP contribution in [0.15, 0.2) is 12.1 Å². The summed E-state index contributed by atoms with van der Waals surface area (Å²) in [4.78, 5) is 3.46. The number of aromatic amines is 1. The van der Waals surface area contributed by atoms with Gasteiger partial charge in [0.05, 0.1) is 17.6 Å². The topological polar surface area (TPSA) is 37.0 Å². The summed E-state index contributed by atoms with van der Waals surface area (Å²) in [6.45, 7) is 5.13. The summed E-state index contributed by atoms with van der Waals surface area (Å²) in [5.74, 6) is 1.25. The van der Waals surface area contributed by atoms with E-state index >= 15 is 0 Å². The summed E-state index contributed by atoms with van der Waals surface area (Å²) in [5, 5.41) is 5.03. The third-order valence-electron chi connectivity index (χ3n) is 3.15. The Labute approximate surface area is 112 Å². The predicted octanol–water partition coefficient (Wildman–Crippen LogP) is 3.67. The monoisotopic (exact) mass is 266 g/mol. The number of hydrogen-bond acceptors (Lipinski definition) is 2. The van der Waals surface area contributed by atoms with Crippen molar-refractivity contribution in [2.45, 2.75) is 26.3 Å². The number of ether oxygens (including phenoxy) is 1. The number of methoxy groups -OCH3 is 1. The maximum atomic E-state index is 6.34. The fourth-order valence-corrected chi connectivity index (χ4v) is 2.62. The first-order valence-corrected chi connectivity index (χ1v) is 6.49. The smallest absolute Gasteiger partial charge is 0.143 e. The van der Waals surface area contributed by atoms with Crippen LogP contribution in [0.1, 0.15) is 31.0 Å². The molecule has 0 aliphatic carbocycles. The Balaban J connectivity index is 2.79. The molecule has 0 saturated carbocycles. The van der Waals surface area contributed by atoms with Gasteiger partial charge >= 0.3 is 0 Å². The van der Waals surface area contributed by atoms with Crippen LogP contribution >= 0.6 is 11.6 Å². The van der Waals surface area contributed by atoms with Crippen molar-refractivity contribution in [2.24, 2.45) is 0 Å². The zero-order valence-electron chi connectivity index (χ0n) is 11.2. The molecule has 2 rings (SSSR count). The van der Waals surface area contributed by atoms with Gasteiger partial charge in [-0.2, -0.15) is 0 Å². The molecule has 3 nitrogen and oxygen atoms in total. The summed E-state index contributed by atoms with van der Waals surface area (Å²) in [7, 11) is 3.62. The van der Waals surface area contributed by atoms with Crippen LogP contribution in [-0.2, 0) is 6.54 Å². The highest BCUT2D eigenvalue weighted by Crippen LogP contribution is 2.37. The normalized spacial score (nSPS) is 11.4. The minimum absolute atomic E-state index is 0.418. The molecule has 0 fully saturated rings. The second-order valence-electron chi connectivity index (χ2n) is 4.70. The molecule has 0 saturated heterocycles. The molecule has 98 valence electrons. The van der Waals surface area contributed by atoms with Gasteiger partial charge in [0.1, 0.15) is 5.75 Å². The van der Waals surface area contributed by atoms with Crippen LogP contribution in [0.2, 0.25) is 5.02 Å². The molecule has 4 heteroatoms. The van der Waals surface area contributed by atoms with Crippen molar-refractivity contribution < 1.29 is 4.74 Å². The predicted molar refractivity (Wildman–Crippen MR) is 76.7 cm³/mol. The number of hydrogen-bond donors (Lipinski definition) is 2. The first-order valence-electron chi connectivity index (χ1n) is 6.11. The van der Waals surface area contributed by atoms with Gasteiger partial charge in [0, 0.05) is 17.6 Å². The minimum atomic E-state index is 0.418. The number of rotatable bonds is 4. The van der Waals surface area contributed by atoms with Crippen LogP contribution in [0.25, 0.3) is 10.9 Å². The van der Waals surface area contributed by atoms with Gasteiger partial charge < -0.3 is 15.0 Å². The highest BCUT2D eigenvalue weighted by atomic mass is 35.5. The van der Waals surface area contributed by atoms with Gasteiger partial charge in [0.15, 0.2) is 0 Å². The van der Waals surface area contributed by atoms with Crippen molar-refractivity contribution in [1.29, 1.82) is 0 Å². The first-order chi connectivity index (χ1) is 8.60. The van der Waals surface area contributed by atoms with Crippen LogP contribution in [0.3, 0.4) is 0 Å². The van der Waals surface area contributed by atoms with Gasteiger partial charge in [-0.25, -0.2) is 0 Å². The maximum Gasteiger partial charge on any atom is 0.143 e. The van der Waals surface area contributed by atoms with E-state index in [0.29, 0.717) is 5.92 Å². The molecule has 0 aliphatic heterocycles. The third-order valence-corrected chi connectivity index (χ3v) is 3.47. The van der Waals surface area contributed by atoms with E-state index in [1.807, 2.05) is 19.2 Å². The van der Waals surface area contributed by atoms with Crippen molar-refractivity contribution in [2.75, 3.05) is 14.2 Å². The molecule has 0 atom stereocenters. The Morgan fingerprint density at radius 1 is 1.39 bits per heavy atom. The van der Waals surface area contributed by atoms with Gasteiger partial charge in [-0.05, 0) is 30.7 Å². The van der Waals surface area contributed by atoms with Crippen molar-refractivity contribution in [3.63, 3.8) is 0 Å². The number of nitrogens with one attached hydrogen (secondary N) is 2. The number of H-pyrrole nitrogens is 1. The Hall–Kier alpha value is -1.19.